The lowest BCUT2D eigenvalue weighted by Gasteiger charge is -2.22. The number of aliphatic carboxylic acids is 1. The Kier molecular flexibility index (Phi) is 5.79. The van der Waals surface area contributed by atoms with Crippen molar-refractivity contribution < 1.29 is 19.4 Å². The molecule has 0 aromatic heterocycles. The maximum Gasteiger partial charge on any atom is 0.307 e. The van der Waals surface area contributed by atoms with Gasteiger partial charge < -0.3 is 14.7 Å². The molecule has 1 aliphatic heterocycles. The van der Waals surface area contributed by atoms with E-state index in [0.717, 1.165) is 32.1 Å². The lowest BCUT2D eigenvalue weighted by molar-refractivity contribution is -0.147. The van der Waals surface area contributed by atoms with Crippen molar-refractivity contribution in [2.75, 3.05) is 19.7 Å². The highest BCUT2D eigenvalue weighted by Gasteiger charge is 2.35. The zero-order chi connectivity index (χ0) is 15.2. The Morgan fingerprint density at radius 3 is 2.67 bits per heavy atom. The molecule has 0 unspecified atom stereocenters. The summed E-state index contributed by atoms with van der Waals surface area (Å²) in [5, 5.41) is 9.39. The normalized spacial score (nSPS) is 24.2. The van der Waals surface area contributed by atoms with Crippen molar-refractivity contribution in [1.29, 1.82) is 0 Å². The second kappa shape index (κ2) is 7.59. The van der Waals surface area contributed by atoms with Crippen LogP contribution in [0, 0.1) is 11.8 Å². The van der Waals surface area contributed by atoms with Gasteiger partial charge in [0.1, 0.15) is 0 Å². The molecule has 2 fully saturated rings. The third kappa shape index (κ3) is 4.30. The molecule has 0 bridgehead atoms. The maximum atomic E-state index is 12.3. The van der Waals surface area contributed by atoms with Crippen LogP contribution in [0.3, 0.4) is 0 Å². The number of carbonyl (C=O) groups excluding carboxylic acids is 1. The lowest BCUT2D eigenvalue weighted by Crippen LogP contribution is -2.34. The number of hydrogen-bond acceptors (Lipinski definition) is 3. The first kappa shape index (κ1) is 16.0. The molecule has 0 spiro atoms. The molecule has 1 N–H and O–H groups in total. The quantitative estimate of drug-likeness (QED) is 0.730. The summed E-state index contributed by atoms with van der Waals surface area (Å²) in [5.74, 6) is -1.22. The van der Waals surface area contributed by atoms with Gasteiger partial charge in [0.2, 0.25) is 5.91 Å². The summed E-state index contributed by atoms with van der Waals surface area (Å²) >= 11 is 0. The van der Waals surface area contributed by atoms with Gasteiger partial charge in [0.15, 0.2) is 0 Å². The first-order valence-corrected chi connectivity index (χ1v) is 7.85. The van der Waals surface area contributed by atoms with Crippen LogP contribution in [-0.4, -0.2) is 47.7 Å². The van der Waals surface area contributed by atoms with Gasteiger partial charge >= 0.3 is 5.97 Å². The van der Waals surface area contributed by atoms with Crippen LogP contribution < -0.4 is 0 Å². The van der Waals surface area contributed by atoms with Crippen LogP contribution in [-0.2, 0) is 14.3 Å². The molecule has 1 saturated heterocycles. The molecule has 1 saturated carbocycles. The average Bonchev–Trinajstić information content (AvgIpc) is 3.13. The Labute approximate surface area is 126 Å². The minimum atomic E-state index is -0.825. The Morgan fingerprint density at radius 1 is 1.33 bits per heavy atom. The fourth-order valence-electron chi connectivity index (χ4n) is 3.43. The summed E-state index contributed by atoms with van der Waals surface area (Å²) in [6.07, 6.45) is 6.76. The Bertz CT molecular complexity index is 390. The number of carboxylic acid groups (broad SMARTS) is 1. The fraction of sp³-hybridized carbons (Fsp3) is 0.750. The van der Waals surface area contributed by atoms with Gasteiger partial charge in [-0.2, -0.15) is 0 Å². The van der Waals surface area contributed by atoms with E-state index in [2.05, 4.69) is 6.58 Å². The highest BCUT2D eigenvalue weighted by Crippen LogP contribution is 2.34. The summed E-state index contributed by atoms with van der Waals surface area (Å²) in [4.78, 5) is 25.5. The van der Waals surface area contributed by atoms with E-state index in [4.69, 9.17) is 4.74 Å². The van der Waals surface area contributed by atoms with E-state index in [1.807, 2.05) is 0 Å². The second-order valence-electron chi connectivity index (χ2n) is 6.07. The molecule has 5 heteroatoms. The molecule has 5 nitrogen and oxygen atoms in total. The van der Waals surface area contributed by atoms with Crippen molar-refractivity contribution in [3.63, 3.8) is 0 Å². The van der Waals surface area contributed by atoms with Crippen LogP contribution in [0.5, 0.6) is 0 Å². The number of carbonyl (C=O) groups is 2. The molecule has 2 rings (SSSR count). The van der Waals surface area contributed by atoms with Crippen LogP contribution in [0.25, 0.3) is 0 Å². The largest absolute Gasteiger partial charge is 0.481 e. The summed E-state index contributed by atoms with van der Waals surface area (Å²) in [6.45, 7) is 5.34. The first-order chi connectivity index (χ1) is 10.1. The zero-order valence-electron chi connectivity index (χ0n) is 12.5. The third-order valence-corrected chi connectivity index (χ3v) is 4.63. The van der Waals surface area contributed by atoms with Crippen LogP contribution >= 0.6 is 0 Å². The number of nitrogens with zero attached hydrogens (tertiary/aromatic N) is 1. The fourth-order valence-corrected chi connectivity index (χ4v) is 3.43. The van der Waals surface area contributed by atoms with Gasteiger partial charge in [-0.15, -0.1) is 6.58 Å². The molecule has 21 heavy (non-hydrogen) atoms. The molecule has 1 amide bonds. The van der Waals surface area contributed by atoms with Crippen LogP contribution in [0.2, 0.25) is 0 Å². The zero-order valence-corrected chi connectivity index (χ0v) is 12.5. The van der Waals surface area contributed by atoms with E-state index in [9.17, 15) is 14.7 Å². The van der Waals surface area contributed by atoms with Gasteiger partial charge in [-0.05, 0) is 25.2 Å². The summed E-state index contributed by atoms with van der Waals surface area (Å²) in [5.41, 5.74) is 0. The van der Waals surface area contributed by atoms with Crippen LogP contribution in [0.1, 0.15) is 38.5 Å². The second-order valence-corrected chi connectivity index (χ2v) is 6.07. The van der Waals surface area contributed by atoms with Crippen molar-refractivity contribution in [2.24, 2.45) is 11.8 Å². The van der Waals surface area contributed by atoms with Crippen molar-refractivity contribution in [2.45, 2.75) is 44.6 Å². The van der Waals surface area contributed by atoms with Gasteiger partial charge in [-0.1, -0.05) is 18.9 Å². The first-order valence-electron chi connectivity index (χ1n) is 7.85. The molecular weight excluding hydrogens is 270 g/mol. The monoisotopic (exact) mass is 295 g/mol. The van der Waals surface area contributed by atoms with E-state index in [-0.39, 0.29) is 24.3 Å². The standard InChI is InChI=1S/C16H25NO4/c1-2-9-21-13-7-8-17(11-13)15(18)10-14(16(19)20)12-5-3-4-6-12/h2,12-14H,1,3-11H2,(H,19,20)/t13-,14-/m0/s1. The third-order valence-electron chi connectivity index (χ3n) is 4.63. The highest BCUT2D eigenvalue weighted by atomic mass is 16.5. The molecule has 2 atom stereocenters. The van der Waals surface area contributed by atoms with Gasteiger partial charge in [0.25, 0.3) is 0 Å². The number of rotatable bonds is 7. The molecule has 2 aliphatic rings. The van der Waals surface area contributed by atoms with Gasteiger partial charge in [0.05, 0.1) is 18.6 Å². The number of hydrogen-bond donors (Lipinski definition) is 1. The van der Waals surface area contributed by atoms with E-state index in [1.54, 1.807) is 11.0 Å². The van der Waals surface area contributed by atoms with Gasteiger partial charge in [-0.25, -0.2) is 0 Å². The summed E-state index contributed by atoms with van der Waals surface area (Å²) in [6, 6.07) is 0. The highest BCUT2D eigenvalue weighted by molar-refractivity contribution is 5.82. The molecule has 0 aromatic carbocycles. The molecule has 1 heterocycles. The van der Waals surface area contributed by atoms with E-state index < -0.39 is 11.9 Å². The molecule has 0 radical (unpaired) electrons. The predicted octanol–water partition coefficient (Wildman–Crippen LogP) is 2.07. The molecular formula is C16H25NO4. The molecule has 118 valence electrons. The Morgan fingerprint density at radius 2 is 2.05 bits per heavy atom. The Balaban J connectivity index is 1.84. The van der Waals surface area contributed by atoms with Crippen molar-refractivity contribution in [3.8, 4) is 0 Å². The number of likely N-dealkylation sites (tertiary alicyclic amines) is 1. The van der Waals surface area contributed by atoms with E-state index >= 15 is 0 Å². The minimum absolute atomic E-state index is 0.0426. The van der Waals surface area contributed by atoms with Crippen molar-refractivity contribution in [3.05, 3.63) is 12.7 Å². The van der Waals surface area contributed by atoms with Crippen molar-refractivity contribution in [1.82, 2.24) is 4.90 Å². The van der Waals surface area contributed by atoms with Crippen LogP contribution in [0.4, 0.5) is 0 Å². The van der Waals surface area contributed by atoms with Gasteiger partial charge in [0, 0.05) is 19.5 Å². The average molecular weight is 295 g/mol. The topological polar surface area (TPSA) is 66.8 Å². The SMILES string of the molecule is C=CCO[C@H]1CCN(C(=O)C[C@H](C(=O)O)C2CCCC2)C1. The minimum Gasteiger partial charge on any atom is -0.481 e. The van der Waals surface area contributed by atoms with E-state index in [1.165, 1.54) is 0 Å². The summed E-state index contributed by atoms with van der Waals surface area (Å²) < 4.78 is 5.56. The van der Waals surface area contributed by atoms with Crippen molar-refractivity contribution >= 4 is 11.9 Å². The number of amides is 1. The van der Waals surface area contributed by atoms with E-state index in [0.29, 0.717) is 19.7 Å². The number of carboxylic acids is 1. The predicted molar refractivity (Wildman–Crippen MR) is 78.8 cm³/mol. The number of ether oxygens (including phenoxy) is 1. The molecule has 1 aliphatic carbocycles. The maximum absolute atomic E-state index is 12.3. The molecule has 0 aromatic rings. The smallest absolute Gasteiger partial charge is 0.307 e. The lowest BCUT2D eigenvalue weighted by atomic mass is 9.88. The van der Waals surface area contributed by atoms with Gasteiger partial charge in [-0.3, -0.25) is 9.59 Å². The summed E-state index contributed by atoms with van der Waals surface area (Å²) in [7, 11) is 0. The Hall–Kier alpha value is -1.36. The van der Waals surface area contributed by atoms with Crippen LogP contribution in [0.15, 0.2) is 12.7 Å².